The van der Waals surface area contributed by atoms with E-state index >= 15 is 0 Å². The Balaban J connectivity index is 0.00000261. The normalized spacial score (nSPS) is 20.9. The number of nitrogens with zero attached hydrogens (tertiary/aromatic N) is 4. The number of hydrogen-bond donors (Lipinski definition) is 1. The lowest BCUT2D eigenvalue weighted by Crippen LogP contribution is -2.53. The van der Waals surface area contributed by atoms with E-state index in [1.807, 2.05) is 18.3 Å². The molecular weight excluding hydrogens is 414 g/mol. The number of pyridine rings is 1. The molecule has 3 rings (SSSR count). The van der Waals surface area contributed by atoms with Crippen LogP contribution in [-0.2, 0) is 14.2 Å². The fourth-order valence-electron chi connectivity index (χ4n) is 3.05. The van der Waals surface area contributed by atoms with Gasteiger partial charge in [-0.05, 0) is 12.1 Å². The van der Waals surface area contributed by atoms with Crippen LogP contribution in [0.1, 0.15) is 0 Å². The molecule has 2 fully saturated rings. The Morgan fingerprint density at radius 1 is 1.30 bits per heavy atom. The number of ether oxygens (including phenoxy) is 3. The fraction of sp³-hybridized carbons (Fsp3) is 0.667. The zero-order chi connectivity index (χ0) is 18.0. The second-order valence-electron chi connectivity index (χ2n) is 6.31. The summed E-state index contributed by atoms with van der Waals surface area (Å²) >= 11 is 0. The van der Waals surface area contributed by atoms with Gasteiger partial charge in [0, 0.05) is 46.0 Å². The van der Waals surface area contributed by atoms with Gasteiger partial charge < -0.3 is 29.3 Å². The second-order valence-corrected chi connectivity index (χ2v) is 6.31. The number of hydrogen-bond acceptors (Lipinski definition) is 6. The van der Waals surface area contributed by atoms with E-state index in [2.05, 4.69) is 26.2 Å². The predicted octanol–water partition coefficient (Wildman–Crippen LogP) is 0.789. The van der Waals surface area contributed by atoms with Crippen molar-refractivity contribution in [1.29, 1.82) is 0 Å². The minimum absolute atomic E-state index is 0. The molecular formula is C18H30BrN5O3. The Hall–Kier alpha value is -1.42. The number of piperazine rings is 1. The molecule has 3 heterocycles. The highest BCUT2D eigenvalue weighted by Crippen LogP contribution is 2.12. The molecule has 152 valence electrons. The summed E-state index contributed by atoms with van der Waals surface area (Å²) in [5, 5.41) is 3.40. The summed E-state index contributed by atoms with van der Waals surface area (Å²) in [6, 6.07) is 6.03. The van der Waals surface area contributed by atoms with E-state index in [0.29, 0.717) is 33.0 Å². The lowest BCUT2D eigenvalue weighted by Gasteiger charge is -2.37. The van der Waals surface area contributed by atoms with Gasteiger partial charge in [-0.2, -0.15) is 0 Å². The molecule has 0 unspecified atom stereocenters. The minimum atomic E-state index is 0. The van der Waals surface area contributed by atoms with Crippen molar-refractivity contribution >= 4 is 28.8 Å². The van der Waals surface area contributed by atoms with Crippen LogP contribution in [0.4, 0.5) is 5.82 Å². The molecule has 1 aromatic heterocycles. The number of halogens is 1. The molecule has 0 radical (unpaired) electrons. The summed E-state index contributed by atoms with van der Waals surface area (Å²) < 4.78 is 16.3. The van der Waals surface area contributed by atoms with E-state index in [9.17, 15) is 0 Å². The van der Waals surface area contributed by atoms with Crippen molar-refractivity contribution in [3.8, 4) is 0 Å². The average Bonchev–Trinajstić information content (AvgIpc) is 2.72. The molecule has 2 aliphatic rings. The molecule has 1 N–H and O–H groups in total. The topological polar surface area (TPSA) is 71.5 Å². The molecule has 0 aromatic carbocycles. The van der Waals surface area contributed by atoms with Crippen molar-refractivity contribution in [3.05, 3.63) is 24.4 Å². The first-order valence-electron chi connectivity index (χ1n) is 9.24. The van der Waals surface area contributed by atoms with Crippen LogP contribution in [0.25, 0.3) is 0 Å². The van der Waals surface area contributed by atoms with Crippen molar-refractivity contribution in [2.24, 2.45) is 4.99 Å². The van der Waals surface area contributed by atoms with E-state index in [0.717, 1.165) is 44.5 Å². The van der Waals surface area contributed by atoms with Gasteiger partial charge in [0.1, 0.15) is 11.9 Å². The largest absolute Gasteiger partial charge is 0.383 e. The van der Waals surface area contributed by atoms with E-state index in [4.69, 9.17) is 19.2 Å². The van der Waals surface area contributed by atoms with Crippen LogP contribution in [0.3, 0.4) is 0 Å². The standard InChI is InChI=1S/C18H29N5O3.BrH/c1-24-11-6-20-18(21-14-16-15-25-12-13-26-16)23-9-7-22(8-10-23)17-4-2-3-5-19-17;/h2-5,16H,6-15H2,1H3,(H,20,21);1H/t16-;/m0./s1. The van der Waals surface area contributed by atoms with E-state index in [-0.39, 0.29) is 23.1 Å². The number of rotatable bonds is 6. The molecule has 2 aliphatic heterocycles. The molecule has 1 atom stereocenters. The molecule has 27 heavy (non-hydrogen) atoms. The van der Waals surface area contributed by atoms with Gasteiger partial charge in [-0.3, -0.25) is 4.99 Å². The van der Waals surface area contributed by atoms with Crippen molar-refractivity contribution < 1.29 is 14.2 Å². The van der Waals surface area contributed by atoms with Crippen LogP contribution in [0.2, 0.25) is 0 Å². The average molecular weight is 444 g/mol. The van der Waals surface area contributed by atoms with Crippen LogP contribution < -0.4 is 10.2 Å². The highest BCUT2D eigenvalue weighted by atomic mass is 79.9. The third kappa shape index (κ3) is 6.91. The van der Waals surface area contributed by atoms with Gasteiger partial charge in [-0.1, -0.05) is 6.07 Å². The second kappa shape index (κ2) is 12.1. The Morgan fingerprint density at radius 2 is 2.15 bits per heavy atom. The van der Waals surface area contributed by atoms with Crippen molar-refractivity contribution in [1.82, 2.24) is 15.2 Å². The highest BCUT2D eigenvalue weighted by molar-refractivity contribution is 8.93. The molecule has 9 heteroatoms. The van der Waals surface area contributed by atoms with E-state index < -0.39 is 0 Å². The third-order valence-corrected chi connectivity index (χ3v) is 4.47. The van der Waals surface area contributed by atoms with Crippen LogP contribution in [0.5, 0.6) is 0 Å². The van der Waals surface area contributed by atoms with Crippen LogP contribution in [0.15, 0.2) is 29.4 Å². The lowest BCUT2D eigenvalue weighted by atomic mass is 10.3. The van der Waals surface area contributed by atoms with Crippen molar-refractivity contribution in [2.45, 2.75) is 6.10 Å². The molecule has 0 bridgehead atoms. The lowest BCUT2D eigenvalue weighted by molar-refractivity contribution is -0.0833. The number of aliphatic imine (C=N–C) groups is 1. The first-order valence-corrected chi connectivity index (χ1v) is 9.24. The quantitative estimate of drug-likeness (QED) is 0.395. The summed E-state index contributed by atoms with van der Waals surface area (Å²) in [5.74, 6) is 1.95. The van der Waals surface area contributed by atoms with Crippen molar-refractivity contribution in [2.75, 3.05) is 77.7 Å². The van der Waals surface area contributed by atoms with Gasteiger partial charge in [-0.15, -0.1) is 17.0 Å². The van der Waals surface area contributed by atoms with Gasteiger partial charge in [-0.25, -0.2) is 4.98 Å². The summed E-state index contributed by atoms with van der Waals surface area (Å²) in [5.41, 5.74) is 0. The Bertz CT molecular complexity index is 549. The number of nitrogens with one attached hydrogen (secondary N) is 1. The summed E-state index contributed by atoms with van der Waals surface area (Å²) in [7, 11) is 1.71. The van der Waals surface area contributed by atoms with Gasteiger partial charge >= 0.3 is 0 Å². The maximum absolute atomic E-state index is 5.70. The van der Waals surface area contributed by atoms with Gasteiger partial charge in [0.2, 0.25) is 0 Å². The maximum Gasteiger partial charge on any atom is 0.194 e. The number of anilines is 1. The summed E-state index contributed by atoms with van der Waals surface area (Å²) in [6.07, 6.45) is 1.88. The van der Waals surface area contributed by atoms with Gasteiger partial charge in [0.05, 0.1) is 33.0 Å². The molecule has 0 amide bonds. The number of guanidine groups is 1. The first-order chi connectivity index (χ1) is 12.9. The van der Waals surface area contributed by atoms with Gasteiger partial charge in [0.25, 0.3) is 0 Å². The zero-order valence-electron chi connectivity index (χ0n) is 15.9. The predicted molar refractivity (Wildman–Crippen MR) is 111 cm³/mol. The van der Waals surface area contributed by atoms with Crippen molar-refractivity contribution in [3.63, 3.8) is 0 Å². The van der Waals surface area contributed by atoms with E-state index in [1.54, 1.807) is 7.11 Å². The van der Waals surface area contributed by atoms with Crippen LogP contribution >= 0.6 is 17.0 Å². The minimum Gasteiger partial charge on any atom is -0.383 e. The van der Waals surface area contributed by atoms with Gasteiger partial charge in [0.15, 0.2) is 5.96 Å². The Kier molecular flexibility index (Phi) is 9.82. The summed E-state index contributed by atoms with van der Waals surface area (Å²) in [4.78, 5) is 13.8. The first kappa shape index (κ1) is 21.9. The molecule has 8 nitrogen and oxygen atoms in total. The zero-order valence-corrected chi connectivity index (χ0v) is 17.6. The Morgan fingerprint density at radius 3 is 2.81 bits per heavy atom. The number of aromatic nitrogens is 1. The van der Waals surface area contributed by atoms with E-state index in [1.165, 1.54) is 0 Å². The molecule has 2 saturated heterocycles. The smallest absolute Gasteiger partial charge is 0.194 e. The highest BCUT2D eigenvalue weighted by Gasteiger charge is 2.21. The SMILES string of the molecule is Br.COCCNC(=NC[C@H]1COCCO1)N1CCN(c2ccccn2)CC1. The monoisotopic (exact) mass is 443 g/mol. The molecule has 0 saturated carbocycles. The molecule has 1 aromatic rings. The summed E-state index contributed by atoms with van der Waals surface area (Å²) in [6.45, 7) is 7.57. The van der Waals surface area contributed by atoms with Crippen LogP contribution in [-0.4, -0.2) is 94.8 Å². The van der Waals surface area contributed by atoms with Crippen LogP contribution in [0, 0.1) is 0 Å². The fourth-order valence-corrected chi connectivity index (χ4v) is 3.05. The third-order valence-electron chi connectivity index (χ3n) is 4.47. The molecule has 0 spiro atoms. The number of methoxy groups -OCH3 is 1. The molecule has 0 aliphatic carbocycles. The Labute approximate surface area is 171 Å². The maximum atomic E-state index is 5.70.